The first-order chi connectivity index (χ1) is 18.3. The van der Waals surface area contributed by atoms with E-state index in [1.54, 1.807) is 13.8 Å². The molecule has 214 valence electrons. The first-order valence-electron chi connectivity index (χ1n) is 14.4. The summed E-state index contributed by atoms with van der Waals surface area (Å²) in [7, 11) is 2.68. The highest BCUT2D eigenvalue weighted by atomic mass is 16.5. The molecule has 3 rings (SSSR count). The van der Waals surface area contributed by atoms with Crippen LogP contribution in [0.4, 0.5) is 0 Å². The molecule has 9 nitrogen and oxygen atoms in total. The number of allylic oxidation sites excluding steroid dienone is 2. The number of piperazine rings is 1. The van der Waals surface area contributed by atoms with E-state index in [0.717, 1.165) is 32.1 Å². The van der Waals surface area contributed by atoms with Crippen molar-refractivity contribution in [2.75, 3.05) is 53.5 Å². The van der Waals surface area contributed by atoms with E-state index in [-0.39, 0.29) is 5.91 Å². The molecular formula is C29H48N4O5. The van der Waals surface area contributed by atoms with Crippen LogP contribution in [0.15, 0.2) is 22.5 Å². The fraction of sp³-hybridized carbons (Fsp3) is 0.759. The van der Waals surface area contributed by atoms with Gasteiger partial charge < -0.3 is 25.0 Å². The standard InChI is InChI=1S/C29H48N4O5/c1-21-26(28(35)37-3)24(27(22(2)31-21)29(36)38-4)13-8-9-14-25(34)30-15-10-16-32-17-19-33(20-18-32)23-11-6-5-7-12-23/h23-24,31H,5-20H2,1-4H3,(H,30,34). The molecule has 2 fully saturated rings. The second-order valence-electron chi connectivity index (χ2n) is 10.9. The fourth-order valence-electron chi connectivity index (χ4n) is 6.23. The van der Waals surface area contributed by atoms with Gasteiger partial charge in [0.25, 0.3) is 0 Å². The summed E-state index contributed by atoms with van der Waals surface area (Å²) in [6, 6.07) is 0.805. The summed E-state index contributed by atoms with van der Waals surface area (Å²) in [5, 5.41) is 6.16. The van der Waals surface area contributed by atoms with Crippen molar-refractivity contribution in [3.63, 3.8) is 0 Å². The number of rotatable bonds is 12. The van der Waals surface area contributed by atoms with Gasteiger partial charge in [-0.05, 0) is 52.5 Å². The molecule has 0 aromatic heterocycles. The number of amides is 1. The molecule has 0 aromatic carbocycles. The summed E-state index contributed by atoms with van der Waals surface area (Å²) in [5.41, 5.74) is 2.25. The van der Waals surface area contributed by atoms with E-state index in [9.17, 15) is 14.4 Å². The maximum atomic E-state index is 12.5. The molecule has 2 aliphatic heterocycles. The molecule has 1 saturated carbocycles. The van der Waals surface area contributed by atoms with Crippen LogP contribution in [-0.4, -0.2) is 87.2 Å². The number of nitrogens with zero attached hydrogens (tertiary/aromatic N) is 2. The van der Waals surface area contributed by atoms with Gasteiger partial charge in [0, 0.05) is 62.5 Å². The van der Waals surface area contributed by atoms with Crippen LogP contribution < -0.4 is 10.6 Å². The van der Waals surface area contributed by atoms with Crippen molar-refractivity contribution in [1.82, 2.24) is 20.4 Å². The highest BCUT2D eigenvalue weighted by molar-refractivity contribution is 5.97. The van der Waals surface area contributed by atoms with E-state index in [0.29, 0.717) is 54.8 Å². The van der Waals surface area contributed by atoms with Crippen LogP contribution in [-0.2, 0) is 23.9 Å². The monoisotopic (exact) mass is 532 g/mol. The lowest BCUT2D eigenvalue weighted by Gasteiger charge is -2.40. The lowest BCUT2D eigenvalue weighted by molar-refractivity contribution is -0.137. The van der Waals surface area contributed by atoms with Crippen LogP contribution in [0.1, 0.15) is 78.1 Å². The van der Waals surface area contributed by atoms with E-state index < -0.39 is 17.9 Å². The lowest BCUT2D eigenvalue weighted by atomic mass is 9.82. The van der Waals surface area contributed by atoms with Crippen molar-refractivity contribution in [1.29, 1.82) is 0 Å². The quantitative estimate of drug-likeness (QED) is 0.292. The van der Waals surface area contributed by atoms with Gasteiger partial charge in [0.1, 0.15) is 0 Å². The Labute approximate surface area is 228 Å². The van der Waals surface area contributed by atoms with Crippen LogP contribution in [0.25, 0.3) is 0 Å². The predicted octanol–water partition coefficient (Wildman–Crippen LogP) is 3.12. The Morgan fingerprint density at radius 3 is 2.05 bits per heavy atom. The Morgan fingerprint density at radius 1 is 0.868 bits per heavy atom. The third-order valence-corrected chi connectivity index (χ3v) is 8.31. The summed E-state index contributed by atoms with van der Waals surface area (Å²) in [6.45, 7) is 9.94. The number of unbranched alkanes of at least 4 members (excludes halogenated alkanes) is 1. The number of ether oxygens (including phenoxy) is 2. The van der Waals surface area contributed by atoms with E-state index in [1.165, 1.54) is 59.4 Å². The Balaban J connectivity index is 1.34. The maximum Gasteiger partial charge on any atom is 0.336 e. The van der Waals surface area contributed by atoms with Crippen molar-refractivity contribution < 1.29 is 23.9 Å². The van der Waals surface area contributed by atoms with Gasteiger partial charge in [-0.1, -0.05) is 25.7 Å². The first kappa shape index (κ1) is 30.2. The van der Waals surface area contributed by atoms with Crippen LogP contribution >= 0.6 is 0 Å². The third-order valence-electron chi connectivity index (χ3n) is 8.31. The van der Waals surface area contributed by atoms with Gasteiger partial charge in [-0.15, -0.1) is 0 Å². The maximum absolute atomic E-state index is 12.5. The molecule has 0 radical (unpaired) electrons. The van der Waals surface area contributed by atoms with Crippen LogP contribution in [0.2, 0.25) is 0 Å². The highest BCUT2D eigenvalue weighted by Crippen LogP contribution is 2.35. The first-order valence-corrected chi connectivity index (χ1v) is 14.4. The number of hydrogen-bond acceptors (Lipinski definition) is 8. The number of carbonyl (C=O) groups is 3. The lowest BCUT2D eigenvalue weighted by Crippen LogP contribution is -2.51. The van der Waals surface area contributed by atoms with Crippen molar-refractivity contribution in [2.45, 2.75) is 84.1 Å². The minimum atomic E-state index is -0.456. The van der Waals surface area contributed by atoms with Crippen LogP contribution in [0.3, 0.4) is 0 Å². The van der Waals surface area contributed by atoms with Gasteiger partial charge in [-0.3, -0.25) is 9.69 Å². The predicted molar refractivity (Wildman–Crippen MR) is 147 cm³/mol. The molecule has 0 spiro atoms. The zero-order chi connectivity index (χ0) is 27.5. The second kappa shape index (κ2) is 15.3. The number of nitrogens with one attached hydrogen (secondary N) is 2. The molecule has 3 aliphatic rings. The molecule has 0 aromatic rings. The fourth-order valence-corrected chi connectivity index (χ4v) is 6.23. The molecule has 0 atom stereocenters. The number of hydrogen-bond donors (Lipinski definition) is 2. The Kier molecular flexibility index (Phi) is 12.1. The average Bonchev–Trinajstić information content (AvgIpc) is 2.93. The summed E-state index contributed by atoms with van der Waals surface area (Å²) in [5.74, 6) is -1.28. The van der Waals surface area contributed by atoms with Gasteiger partial charge in [0.15, 0.2) is 0 Å². The Morgan fingerprint density at radius 2 is 1.47 bits per heavy atom. The zero-order valence-corrected chi connectivity index (χ0v) is 23.9. The summed E-state index contributed by atoms with van der Waals surface area (Å²) in [4.78, 5) is 42.6. The topological polar surface area (TPSA) is 100 Å². The Hall–Kier alpha value is -2.39. The number of methoxy groups -OCH3 is 2. The second-order valence-corrected chi connectivity index (χ2v) is 10.9. The smallest absolute Gasteiger partial charge is 0.336 e. The van der Waals surface area contributed by atoms with E-state index in [2.05, 4.69) is 20.4 Å². The normalized spacial score (nSPS) is 20.3. The molecule has 1 aliphatic carbocycles. The third kappa shape index (κ3) is 8.30. The molecule has 1 saturated heterocycles. The minimum absolute atomic E-state index is 0.0530. The molecule has 38 heavy (non-hydrogen) atoms. The van der Waals surface area contributed by atoms with Crippen molar-refractivity contribution in [3.8, 4) is 0 Å². The van der Waals surface area contributed by atoms with Gasteiger partial charge in [0.05, 0.1) is 25.4 Å². The van der Waals surface area contributed by atoms with E-state index in [4.69, 9.17) is 9.47 Å². The Bertz CT molecular complexity index is 847. The minimum Gasteiger partial charge on any atom is -0.466 e. The van der Waals surface area contributed by atoms with Gasteiger partial charge in [-0.2, -0.15) is 0 Å². The van der Waals surface area contributed by atoms with Gasteiger partial charge in [-0.25, -0.2) is 9.59 Å². The van der Waals surface area contributed by atoms with E-state index in [1.807, 2.05) is 0 Å². The van der Waals surface area contributed by atoms with Crippen molar-refractivity contribution >= 4 is 17.8 Å². The molecule has 2 heterocycles. The van der Waals surface area contributed by atoms with Gasteiger partial charge >= 0.3 is 11.9 Å². The molecule has 9 heteroatoms. The average molecular weight is 533 g/mol. The molecular weight excluding hydrogens is 484 g/mol. The SMILES string of the molecule is COC(=O)C1=C(C)NC(C)=C(C(=O)OC)C1CCCCC(=O)NCCCN1CCN(C2CCCCC2)CC1. The highest BCUT2D eigenvalue weighted by Gasteiger charge is 2.36. The van der Waals surface area contributed by atoms with Crippen LogP contribution in [0, 0.1) is 5.92 Å². The number of carbonyl (C=O) groups excluding carboxylic acids is 3. The van der Waals surface area contributed by atoms with Crippen molar-refractivity contribution in [3.05, 3.63) is 22.5 Å². The van der Waals surface area contributed by atoms with Crippen molar-refractivity contribution in [2.24, 2.45) is 5.92 Å². The van der Waals surface area contributed by atoms with Crippen LogP contribution in [0.5, 0.6) is 0 Å². The molecule has 0 unspecified atom stereocenters. The summed E-state index contributed by atoms with van der Waals surface area (Å²) in [6.07, 6.45) is 10.3. The molecule has 0 bridgehead atoms. The van der Waals surface area contributed by atoms with Gasteiger partial charge in [0.2, 0.25) is 5.91 Å². The molecule has 1 amide bonds. The van der Waals surface area contributed by atoms with E-state index >= 15 is 0 Å². The summed E-state index contributed by atoms with van der Waals surface area (Å²) >= 11 is 0. The summed E-state index contributed by atoms with van der Waals surface area (Å²) < 4.78 is 9.96. The zero-order valence-electron chi connectivity index (χ0n) is 23.9. The largest absolute Gasteiger partial charge is 0.466 e. The molecule has 2 N–H and O–H groups in total. The number of esters is 2. The number of dihydropyridines is 1.